The van der Waals surface area contributed by atoms with Gasteiger partial charge in [-0.1, -0.05) is 5.21 Å². The molecular weight excluding hydrogens is 278 g/mol. The number of carboxylic acid groups (broad SMARTS) is 1. The summed E-state index contributed by atoms with van der Waals surface area (Å²) in [6.45, 7) is 0.213. The highest BCUT2D eigenvalue weighted by Crippen LogP contribution is 1.94. The fourth-order valence-corrected chi connectivity index (χ4v) is 1.60. The van der Waals surface area contributed by atoms with E-state index in [0.29, 0.717) is 12.2 Å². The Morgan fingerprint density at radius 1 is 1.29 bits per heavy atom. The maximum Gasteiger partial charge on any atom is 0.325 e. The van der Waals surface area contributed by atoms with Crippen molar-refractivity contribution in [1.29, 1.82) is 0 Å². The summed E-state index contributed by atoms with van der Waals surface area (Å²) in [5, 5.41) is 25.4. The molecule has 0 saturated carbocycles. The summed E-state index contributed by atoms with van der Waals surface area (Å²) in [7, 11) is 1.80. The predicted octanol–water partition coefficient (Wildman–Crippen LogP) is -0.904. The number of amides is 2. The zero-order chi connectivity index (χ0) is 15.2. The van der Waals surface area contributed by atoms with E-state index in [1.54, 1.807) is 24.0 Å². The number of aryl methyl sites for hydroxylation is 1. The van der Waals surface area contributed by atoms with Crippen molar-refractivity contribution in [2.45, 2.75) is 19.6 Å². The van der Waals surface area contributed by atoms with E-state index in [4.69, 9.17) is 5.11 Å². The highest BCUT2D eigenvalue weighted by atomic mass is 16.4. The van der Waals surface area contributed by atoms with Gasteiger partial charge in [0.15, 0.2) is 0 Å². The van der Waals surface area contributed by atoms with Crippen LogP contribution in [0.2, 0.25) is 0 Å². The minimum atomic E-state index is -1.01. The smallest absolute Gasteiger partial charge is 0.325 e. The molecule has 2 aromatic rings. The molecule has 3 N–H and O–H groups in total. The Labute approximate surface area is 119 Å². The van der Waals surface area contributed by atoms with Gasteiger partial charge in [-0.2, -0.15) is 5.10 Å². The van der Waals surface area contributed by atoms with Gasteiger partial charge >= 0.3 is 12.0 Å². The first-order chi connectivity index (χ1) is 10.0. The lowest BCUT2D eigenvalue weighted by molar-refractivity contribution is -0.137. The first-order valence-electron chi connectivity index (χ1n) is 6.14. The van der Waals surface area contributed by atoms with Crippen LogP contribution in [0.15, 0.2) is 18.5 Å². The van der Waals surface area contributed by atoms with Crippen LogP contribution in [0.3, 0.4) is 0 Å². The number of aromatic nitrogens is 5. The van der Waals surface area contributed by atoms with Crippen LogP contribution < -0.4 is 10.6 Å². The molecule has 0 radical (unpaired) electrons. The third-order valence-corrected chi connectivity index (χ3v) is 2.51. The summed E-state index contributed by atoms with van der Waals surface area (Å²) in [5.74, 6) is -1.01. The third-order valence-electron chi connectivity index (χ3n) is 2.51. The predicted molar refractivity (Wildman–Crippen MR) is 69.9 cm³/mol. The van der Waals surface area contributed by atoms with Gasteiger partial charge in [0.1, 0.15) is 12.2 Å². The molecule has 0 bridgehead atoms. The second-order valence-electron chi connectivity index (χ2n) is 4.32. The Morgan fingerprint density at radius 3 is 2.62 bits per heavy atom. The first-order valence-corrected chi connectivity index (χ1v) is 6.14. The lowest BCUT2D eigenvalue weighted by Gasteiger charge is -2.04. The summed E-state index contributed by atoms with van der Waals surface area (Å²) in [5.41, 5.74) is 1.23. The van der Waals surface area contributed by atoms with Crippen LogP contribution in [0, 0.1) is 0 Å². The fraction of sp³-hybridized carbons (Fsp3) is 0.364. The van der Waals surface area contributed by atoms with Gasteiger partial charge in [0, 0.05) is 13.2 Å². The van der Waals surface area contributed by atoms with Gasteiger partial charge in [-0.15, -0.1) is 5.10 Å². The number of hydrogen-bond donors (Lipinski definition) is 3. The Hall–Kier alpha value is -2.91. The summed E-state index contributed by atoms with van der Waals surface area (Å²) in [6, 6.07) is 1.44. The number of urea groups is 1. The number of carboxylic acids is 1. The third kappa shape index (κ3) is 4.60. The lowest BCUT2D eigenvalue weighted by Crippen LogP contribution is -2.34. The minimum Gasteiger partial charge on any atom is -0.480 e. The molecule has 0 unspecified atom stereocenters. The second-order valence-corrected chi connectivity index (χ2v) is 4.32. The van der Waals surface area contributed by atoms with Crippen LogP contribution in [-0.2, 0) is 31.5 Å². The van der Waals surface area contributed by atoms with Gasteiger partial charge in [0.2, 0.25) is 0 Å². The van der Waals surface area contributed by atoms with Crippen molar-refractivity contribution in [2.75, 3.05) is 0 Å². The van der Waals surface area contributed by atoms with Crippen LogP contribution in [0.4, 0.5) is 4.79 Å². The van der Waals surface area contributed by atoms with Crippen molar-refractivity contribution in [3.05, 3.63) is 29.8 Å². The number of aliphatic carboxylic acids is 1. The van der Waals surface area contributed by atoms with E-state index in [9.17, 15) is 9.59 Å². The number of carbonyl (C=O) groups excluding carboxylic acids is 1. The molecule has 0 atom stereocenters. The Balaban J connectivity index is 1.73. The Kier molecular flexibility index (Phi) is 4.49. The molecule has 0 saturated heterocycles. The zero-order valence-electron chi connectivity index (χ0n) is 11.4. The number of nitrogens with one attached hydrogen (secondary N) is 2. The molecule has 0 aromatic carbocycles. The summed E-state index contributed by atoms with van der Waals surface area (Å²) in [6.07, 6.45) is 3.25. The van der Waals surface area contributed by atoms with E-state index >= 15 is 0 Å². The van der Waals surface area contributed by atoms with E-state index in [-0.39, 0.29) is 19.1 Å². The first kappa shape index (κ1) is 14.5. The molecule has 2 rings (SSSR count). The van der Waals surface area contributed by atoms with Crippen LogP contribution in [0.5, 0.6) is 0 Å². The Morgan fingerprint density at radius 2 is 2.00 bits per heavy atom. The Bertz CT molecular complexity index is 633. The van der Waals surface area contributed by atoms with Crippen molar-refractivity contribution < 1.29 is 14.7 Å². The molecule has 0 fully saturated rings. The molecule has 0 aliphatic carbocycles. The molecule has 2 amide bonds. The van der Waals surface area contributed by atoms with E-state index < -0.39 is 5.97 Å². The van der Waals surface area contributed by atoms with Crippen LogP contribution in [-0.4, -0.2) is 41.9 Å². The zero-order valence-corrected chi connectivity index (χ0v) is 11.4. The lowest BCUT2D eigenvalue weighted by atomic mass is 10.4. The molecule has 0 aliphatic heterocycles. The summed E-state index contributed by atoms with van der Waals surface area (Å²) < 4.78 is 2.83. The van der Waals surface area contributed by atoms with E-state index in [1.807, 2.05) is 0 Å². The fourth-order valence-electron chi connectivity index (χ4n) is 1.60. The summed E-state index contributed by atoms with van der Waals surface area (Å²) in [4.78, 5) is 22.1. The molecular formula is C11H15N7O3. The molecule has 21 heavy (non-hydrogen) atoms. The van der Waals surface area contributed by atoms with Gasteiger partial charge in [0.25, 0.3) is 0 Å². The standard InChI is InChI=1S/C11H15N7O3/c1-17-3-2-8(15-17)4-12-11(21)13-5-9-6-18(16-14-9)7-10(19)20/h2-3,6H,4-5,7H2,1H3,(H,19,20)(H2,12,13,21). The van der Waals surface area contributed by atoms with Crippen molar-refractivity contribution in [1.82, 2.24) is 35.4 Å². The topological polar surface area (TPSA) is 127 Å². The maximum atomic E-state index is 11.6. The quantitative estimate of drug-likeness (QED) is 0.633. The molecule has 112 valence electrons. The largest absolute Gasteiger partial charge is 0.480 e. The number of nitrogens with zero attached hydrogens (tertiary/aromatic N) is 5. The SMILES string of the molecule is Cn1ccc(CNC(=O)NCc2cn(CC(=O)O)nn2)n1. The number of rotatable bonds is 6. The monoisotopic (exact) mass is 293 g/mol. The molecule has 2 aromatic heterocycles. The average Bonchev–Trinajstić information content (AvgIpc) is 3.02. The van der Waals surface area contributed by atoms with Crippen molar-refractivity contribution in [3.63, 3.8) is 0 Å². The number of hydrogen-bond acceptors (Lipinski definition) is 5. The molecule has 2 heterocycles. The van der Waals surface area contributed by atoms with Crippen LogP contribution in [0.25, 0.3) is 0 Å². The summed E-state index contributed by atoms with van der Waals surface area (Å²) >= 11 is 0. The van der Waals surface area contributed by atoms with Crippen molar-refractivity contribution in [2.24, 2.45) is 7.05 Å². The minimum absolute atomic E-state index is 0.160. The van der Waals surface area contributed by atoms with Crippen LogP contribution >= 0.6 is 0 Å². The van der Waals surface area contributed by atoms with Gasteiger partial charge in [0.05, 0.1) is 25.0 Å². The van der Waals surface area contributed by atoms with Crippen LogP contribution in [0.1, 0.15) is 11.4 Å². The highest BCUT2D eigenvalue weighted by molar-refractivity contribution is 5.73. The van der Waals surface area contributed by atoms with Gasteiger partial charge in [-0.05, 0) is 6.07 Å². The van der Waals surface area contributed by atoms with Crippen molar-refractivity contribution >= 4 is 12.0 Å². The number of carbonyl (C=O) groups is 2. The normalized spacial score (nSPS) is 10.3. The molecule has 10 heteroatoms. The second kappa shape index (κ2) is 6.50. The van der Waals surface area contributed by atoms with Gasteiger partial charge in [-0.25, -0.2) is 9.48 Å². The average molecular weight is 293 g/mol. The van der Waals surface area contributed by atoms with E-state index in [1.165, 1.54) is 10.9 Å². The molecule has 0 spiro atoms. The highest BCUT2D eigenvalue weighted by Gasteiger charge is 2.06. The van der Waals surface area contributed by atoms with Gasteiger partial charge < -0.3 is 15.7 Å². The van der Waals surface area contributed by atoms with Gasteiger partial charge in [-0.3, -0.25) is 9.48 Å². The maximum absolute atomic E-state index is 11.6. The molecule has 10 nitrogen and oxygen atoms in total. The molecule has 0 aliphatic rings. The van der Waals surface area contributed by atoms with E-state index in [0.717, 1.165) is 5.69 Å². The van der Waals surface area contributed by atoms with Crippen molar-refractivity contribution in [3.8, 4) is 0 Å². The van der Waals surface area contributed by atoms with E-state index in [2.05, 4.69) is 26.0 Å².